The lowest BCUT2D eigenvalue weighted by molar-refractivity contribution is -0.195. The molecule has 21 heavy (non-hydrogen) atoms. The van der Waals surface area contributed by atoms with Crippen molar-refractivity contribution in [3.05, 3.63) is 30.1 Å². The van der Waals surface area contributed by atoms with Gasteiger partial charge in [-0.15, -0.1) is 0 Å². The van der Waals surface area contributed by atoms with Crippen molar-refractivity contribution in [2.24, 2.45) is 5.92 Å². The van der Waals surface area contributed by atoms with Gasteiger partial charge in [0.15, 0.2) is 0 Å². The lowest BCUT2D eigenvalue weighted by Gasteiger charge is -2.51. The molecule has 2 aliphatic rings. The van der Waals surface area contributed by atoms with Gasteiger partial charge in [0, 0.05) is 24.8 Å². The normalized spacial score (nSPS) is 36.0. The second-order valence-corrected chi connectivity index (χ2v) is 6.11. The Morgan fingerprint density at radius 3 is 2.76 bits per heavy atom. The van der Waals surface area contributed by atoms with Crippen molar-refractivity contribution in [1.82, 2.24) is 0 Å². The molecule has 0 radical (unpaired) electrons. The second-order valence-electron chi connectivity index (χ2n) is 6.11. The number of rotatable bonds is 3. The lowest BCUT2D eigenvalue weighted by atomic mass is 9.69. The number of ether oxygens (including phenoxy) is 1. The van der Waals surface area contributed by atoms with Crippen LogP contribution in [0, 0.1) is 11.7 Å². The molecule has 0 amide bonds. The Bertz CT molecular complexity index is 481. The van der Waals surface area contributed by atoms with Crippen molar-refractivity contribution in [2.45, 2.75) is 43.4 Å². The van der Waals surface area contributed by atoms with Crippen LogP contribution < -0.4 is 5.32 Å². The highest BCUT2D eigenvalue weighted by Gasteiger charge is 2.52. The van der Waals surface area contributed by atoms with Crippen molar-refractivity contribution >= 4 is 5.69 Å². The summed E-state index contributed by atoms with van der Waals surface area (Å²) in [6.07, 6.45) is 2.71. The van der Waals surface area contributed by atoms with E-state index in [-0.39, 0.29) is 30.5 Å². The molecule has 4 atom stereocenters. The Hall–Kier alpha value is -1.17. The molecule has 0 unspecified atom stereocenters. The fourth-order valence-electron chi connectivity index (χ4n) is 3.68. The van der Waals surface area contributed by atoms with Crippen LogP contribution in [0.15, 0.2) is 24.3 Å². The third-order valence-corrected chi connectivity index (χ3v) is 4.79. The van der Waals surface area contributed by atoms with Gasteiger partial charge in [0.1, 0.15) is 11.4 Å². The summed E-state index contributed by atoms with van der Waals surface area (Å²) in [4.78, 5) is 0. The van der Waals surface area contributed by atoms with E-state index >= 15 is 0 Å². The Balaban J connectivity index is 1.79. The van der Waals surface area contributed by atoms with Crippen LogP contribution in [-0.4, -0.2) is 41.2 Å². The highest BCUT2D eigenvalue weighted by Crippen LogP contribution is 2.41. The van der Waals surface area contributed by atoms with Gasteiger partial charge in [0.25, 0.3) is 0 Å². The average molecular weight is 295 g/mol. The number of benzene rings is 1. The Morgan fingerprint density at radius 2 is 2.05 bits per heavy atom. The lowest BCUT2D eigenvalue weighted by Crippen LogP contribution is -2.64. The monoisotopic (exact) mass is 295 g/mol. The van der Waals surface area contributed by atoms with Crippen molar-refractivity contribution in [3.63, 3.8) is 0 Å². The van der Waals surface area contributed by atoms with Gasteiger partial charge in [-0.1, -0.05) is 0 Å². The van der Waals surface area contributed by atoms with Crippen LogP contribution in [0.3, 0.4) is 0 Å². The third-order valence-electron chi connectivity index (χ3n) is 4.79. The van der Waals surface area contributed by atoms with Crippen LogP contribution in [0.5, 0.6) is 0 Å². The minimum absolute atomic E-state index is 0.0124. The molecule has 1 saturated heterocycles. The molecule has 0 aromatic heterocycles. The third kappa shape index (κ3) is 2.78. The number of nitrogens with one attached hydrogen (secondary N) is 1. The minimum atomic E-state index is -0.974. The summed E-state index contributed by atoms with van der Waals surface area (Å²) in [6, 6.07) is 6.02. The van der Waals surface area contributed by atoms with E-state index in [1.165, 1.54) is 12.1 Å². The maximum atomic E-state index is 13.0. The van der Waals surface area contributed by atoms with Crippen LogP contribution >= 0.6 is 0 Å². The fraction of sp³-hybridized carbons (Fsp3) is 0.625. The predicted molar refractivity (Wildman–Crippen MR) is 77.5 cm³/mol. The molecule has 2 fully saturated rings. The summed E-state index contributed by atoms with van der Waals surface area (Å²) in [5, 5.41) is 23.9. The van der Waals surface area contributed by atoms with E-state index in [0.29, 0.717) is 13.0 Å². The van der Waals surface area contributed by atoms with Crippen LogP contribution in [0.4, 0.5) is 10.1 Å². The van der Waals surface area contributed by atoms with E-state index in [9.17, 15) is 14.6 Å². The molecule has 4 nitrogen and oxygen atoms in total. The standard InChI is InChI=1S/C16H22FNO3/c17-12-3-5-13(6-4-12)18-14-7-2-11(10-19)15-16(14,20)8-1-9-21-15/h3-6,11,14-15,18-20H,1-2,7-10H2/t11-,14+,15+,16+/m0/s1. The molecular formula is C16H22FNO3. The summed E-state index contributed by atoms with van der Waals surface area (Å²) >= 11 is 0. The van der Waals surface area contributed by atoms with E-state index in [1.807, 2.05) is 0 Å². The zero-order chi connectivity index (χ0) is 14.9. The van der Waals surface area contributed by atoms with Gasteiger partial charge < -0.3 is 20.3 Å². The molecule has 3 N–H and O–H groups in total. The minimum Gasteiger partial charge on any atom is -0.396 e. The molecule has 0 bridgehead atoms. The summed E-state index contributed by atoms with van der Waals surface area (Å²) in [5.74, 6) is -0.288. The van der Waals surface area contributed by atoms with Gasteiger partial charge in [0.2, 0.25) is 0 Å². The first kappa shape index (κ1) is 14.8. The number of aliphatic hydroxyl groups is 2. The highest BCUT2D eigenvalue weighted by atomic mass is 19.1. The maximum Gasteiger partial charge on any atom is 0.123 e. The van der Waals surface area contributed by atoms with Crippen molar-refractivity contribution in [1.29, 1.82) is 0 Å². The first-order valence-corrected chi connectivity index (χ1v) is 7.60. The van der Waals surface area contributed by atoms with Crippen molar-refractivity contribution in [2.75, 3.05) is 18.5 Å². The molecular weight excluding hydrogens is 273 g/mol. The van der Waals surface area contributed by atoms with Crippen LogP contribution in [0.1, 0.15) is 25.7 Å². The second kappa shape index (κ2) is 5.91. The fourth-order valence-corrected chi connectivity index (χ4v) is 3.68. The van der Waals surface area contributed by atoms with Gasteiger partial charge in [-0.05, 0) is 49.9 Å². The zero-order valence-corrected chi connectivity index (χ0v) is 12.0. The Morgan fingerprint density at radius 1 is 1.29 bits per heavy atom. The molecule has 1 aromatic rings. The van der Waals surface area contributed by atoms with E-state index in [0.717, 1.165) is 24.9 Å². The average Bonchev–Trinajstić information content (AvgIpc) is 2.50. The van der Waals surface area contributed by atoms with Crippen LogP contribution in [0.25, 0.3) is 0 Å². The molecule has 1 aliphatic heterocycles. The van der Waals surface area contributed by atoms with Crippen LogP contribution in [-0.2, 0) is 4.74 Å². The molecule has 3 rings (SSSR count). The van der Waals surface area contributed by atoms with Gasteiger partial charge >= 0.3 is 0 Å². The number of aliphatic hydroxyl groups excluding tert-OH is 1. The topological polar surface area (TPSA) is 61.7 Å². The maximum absolute atomic E-state index is 13.0. The SMILES string of the molecule is OC[C@@H]1CC[C@@H](Nc2ccc(F)cc2)[C@]2(O)CCCO[C@H]12. The zero-order valence-electron chi connectivity index (χ0n) is 12.0. The van der Waals surface area contributed by atoms with Gasteiger partial charge in [-0.3, -0.25) is 0 Å². The molecule has 1 saturated carbocycles. The van der Waals surface area contributed by atoms with E-state index < -0.39 is 5.60 Å². The predicted octanol–water partition coefficient (Wildman–Crippen LogP) is 1.92. The van der Waals surface area contributed by atoms with E-state index in [2.05, 4.69) is 5.32 Å². The molecule has 1 heterocycles. The highest BCUT2D eigenvalue weighted by molar-refractivity contribution is 5.45. The smallest absolute Gasteiger partial charge is 0.123 e. The Labute approximate surface area is 123 Å². The summed E-state index contributed by atoms with van der Waals surface area (Å²) in [6.45, 7) is 0.670. The number of halogens is 1. The first-order chi connectivity index (χ1) is 10.1. The summed E-state index contributed by atoms with van der Waals surface area (Å²) < 4.78 is 18.7. The van der Waals surface area contributed by atoms with Crippen LogP contribution in [0.2, 0.25) is 0 Å². The van der Waals surface area contributed by atoms with Gasteiger partial charge in [0.05, 0.1) is 12.1 Å². The summed E-state index contributed by atoms with van der Waals surface area (Å²) in [7, 11) is 0. The molecule has 1 aliphatic carbocycles. The molecule has 0 spiro atoms. The van der Waals surface area contributed by atoms with Crippen molar-refractivity contribution < 1.29 is 19.3 Å². The molecule has 1 aromatic carbocycles. The quantitative estimate of drug-likeness (QED) is 0.797. The van der Waals surface area contributed by atoms with E-state index in [1.54, 1.807) is 12.1 Å². The first-order valence-electron chi connectivity index (χ1n) is 7.60. The van der Waals surface area contributed by atoms with Crippen molar-refractivity contribution in [3.8, 4) is 0 Å². The molecule has 116 valence electrons. The number of hydrogen-bond donors (Lipinski definition) is 3. The van der Waals surface area contributed by atoms with E-state index in [4.69, 9.17) is 4.74 Å². The molecule has 5 heteroatoms. The van der Waals surface area contributed by atoms with Gasteiger partial charge in [-0.2, -0.15) is 0 Å². The largest absolute Gasteiger partial charge is 0.396 e. The Kier molecular flexibility index (Phi) is 4.15. The number of anilines is 1. The number of hydrogen-bond acceptors (Lipinski definition) is 4. The number of fused-ring (bicyclic) bond motifs is 1. The van der Waals surface area contributed by atoms with Gasteiger partial charge in [-0.25, -0.2) is 4.39 Å². The summed E-state index contributed by atoms with van der Waals surface area (Å²) in [5.41, 5.74) is -0.181.